The standard InChI is InChI=1S/C37H21NS2/c38-22-33-30(24-15-17-36-32(18-24)28-11-5-7-13-35(28)39-36)19-26(23-8-2-1-3-9-23)20-31(33)25-14-16-29-27-10-4-6-12-34(27)40-37(29)21-25/h1-21H. The largest absolute Gasteiger partial charge is 0.192 e. The fraction of sp³-hybridized carbons (Fsp3) is 0. The van der Waals surface area contributed by atoms with E-state index >= 15 is 0 Å². The molecule has 0 aliphatic rings. The minimum absolute atomic E-state index is 0.707. The molecule has 0 fully saturated rings. The van der Waals surface area contributed by atoms with Crippen molar-refractivity contribution in [2.75, 3.05) is 0 Å². The van der Waals surface area contributed by atoms with Gasteiger partial charge in [-0.25, -0.2) is 0 Å². The highest BCUT2D eigenvalue weighted by molar-refractivity contribution is 7.26. The van der Waals surface area contributed by atoms with Gasteiger partial charge in [-0.3, -0.25) is 0 Å². The van der Waals surface area contributed by atoms with Crippen LogP contribution >= 0.6 is 22.7 Å². The molecule has 2 heterocycles. The number of nitriles is 1. The monoisotopic (exact) mass is 543 g/mol. The predicted octanol–water partition coefficient (Wildman–Crippen LogP) is 11.3. The summed E-state index contributed by atoms with van der Waals surface area (Å²) in [5.74, 6) is 0. The Labute approximate surface area is 239 Å². The molecule has 0 saturated heterocycles. The van der Waals surface area contributed by atoms with Crippen LogP contribution in [0.2, 0.25) is 0 Å². The van der Waals surface area contributed by atoms with Crippen molar-refractivity contribution in [2.45, 2.75) is 0 Å². The Morgan fingerprint density at radius 2 is 0.950 bits per heavy atom. The molecule has 0 aliphatic carbocycles. The van der Waals surface area contributed by atoms with Crippen molar-refractivity contribution >= 4 is 63.0 Å². The second kappa shape index (κ2) is 9.17. The number of rotatable bonds is 3. The summed E-state index contributed by atoms with van der Waals surface area (Å²) in [6.07, 6.45) is 0. The average Bonchev–Trinajstić information content (AvgIpc) is 3.58. The fourth-order valence-corrected chi connectivity index (χ4v) is 8.03. The van der Waals surface area contributed by atoms with Gasteiger partial charge in [-0.15, -0.1) is 22.7 Å². The molecule has 0 aliphatic heterocycles. The molecule has 0 bridgehead atoms. The first-order valence-electron chi connectivity index (χ1n) is 13.2. The lowest BCUT2D eigenvalue weighted by atomic mass is 9.88. The topological polar surface area (TPSA) is 23.8 Å². The minimum atomic E-state index is 0.707. The van der Waals surface area contributed by atoms with Crippen molar-refractivity contribution in [3.05, 3.63) is 133 Å². The number of hydrogen-bond donors (Lipinski definition) is 0. The van der Waals surface area contributed by atoms with E-state index < -0.39 is 0 Å². The second-order valence-corrected chi connectivity index (χ2v) is 12.2. The van der Waals surface area contributed by atoms with E-state index in [1.165, 1.54) is 40.3 Å². The first-order valence-corrected chi connectivity index (χ1v) is 14.9. The van der Waals surface area contributed by atoms with E-state index in [0.29, 0.717) is 5.56 Å². The molecule has 8 rings (SSSR count). The van der Waals surface area contributed by atoms with Crippen molar-refractivity contribution < 1.29 is 0 Å². The smallest absolute Gasteiger partial charge is 0.100 e. The number of benzene rings is 6. The third kappa shape index (κ3) is 3.66. The summed E-state index contributed by atoms with van der Waals surface area (Å²) in [5.41, 5.74) is 7.02. The molecule has 1 nitrogen and oxygen atoms in total. The number of nitrogens with zero attached hydrogens (tertiary/aromatic N) is 1. The fourth-order valence-electron chi connectivity index (χ4n) is 5.80. The van der Waals surface area contributed by atoms with Crippen LogP contribution < -0.4 is 0 Å². The minimum Gasteiger partial charge on any atom is -0.192 e. The molecule has 0 unspecified atom stereocenters. The zero-order valence-corrected chi connectivity index (χ0v) is 23.0. The Kier molecular flexibility index (Phi) is 5.31. The van der Waals surface area contributed by atoms with Gasteiger partial charge >= 0.3 is 0 Å². The molecule has 0 N–H and O–H groups in total. The van der Waals surface area contributed by atoms with E-state index in [2.05, 4.69) is 127 Å². The van der Waals surface area contributed by atoms with Crippen molar-refractivity contribution in [1.82, 2.24) is 0 Å². The van der Waals surface area contributed by atoms with Gasteiger partial charge in [0.2, 0.25) is 0 Å². The van der Waals surface area contributed by atoms with Crippen LogP contribution in [0, 0.1) is 11.3 Å². The van der Waals surface area contributed by atoms with E-state index in [-0.39, 0.29) is 0 Å². The van der Waals surface area contributed by atoms with Crippen LogP contribution in [0.1, 0.15) is 5.56 Å². The summed E-state index contributed by atoms with van der Waals surface area (Å²) in [6.45, 7) is 0. The van der Waals surface area contributed by atoms with Gasteiger partial charge in [-0.1, -0.05) is 84.9 Å². The highest BCUT2D eigenvalue weighted by Gasteiger charge is 2.17. The number of hydrogen-bond acceptors (Lipinski definition) is 3. The highest BCUT2D eigenvalue weighted by atomic mass is 32.1. The van der Waals surface area contributed by atoms with Crippen LogP contribution in [0.5, 0.6) is 0 Å². The zero-order valence-electron chi connectivity index (χ0n) is 21.4. The van der Waals surface area contributed by atoms with E-state index in [9.17, 15) is 5.26 Å². The molecule has 6 aromatic carbocycles. The van der Waals surface area contributed by atoms with Crippen molar-refractivity contribution in [3.8, 4) is 39.4 Å². The van der Waals surface area contributed by atoms with Crippen molar-refractivity contribution in [2.24, 2.45) is 0 Å². The van der Waals surface area contributed by atoms with Gasteiger partial charge in [0.1, 0.15) is 6.07 Å². The molecular weight excluding hydrogens is 523 g/mol. The maximum absolute atomic E-state index is 10.6. The Balaban J connectivity index is 1.40. The van der Waals surface area contributed by atoms with Gasteiger partial charge in [-0.2, -0.15) is 5.26 Å². The van der Waals surface area contributed by atoms with Gasteiger partial charge in [0, 0.05) is 51.5 Å². The lowest BCUT2D eigenvalue weighted by molar-refractivity contribution is 1.47. The zero-order chi connectivity index (χ0) is 26.6. The molecule has 0 amide bonds. The van der Waals surface area contributed by atoms with Gasteiger partial charge < -0.3 is 0 Å². The average molecular weight is 544 g/mol. The van der Waals surface area contributed by atoms with Gasteiger partial charge in [-0.05, 0) is 64.7 Å². The first kappa shape index (κ1) is 23.2. The van der Waals surface area contributed by atoms with Crippen LogP contribution in [0.15, 0.2) is 127 Å². The molecule has 2 aromatic heterocycles. The second-order valence-electron chi connectivity index (χ2n) is 10.0. The highest BCUT2D eigenvalue weighted by Crippen LogP contribution is 2.42. The van der Waals surface area contributed by atoms with Gasteiger partial charge in [0.25, 0.3) is 0 Å². The van der Waals surface area contributed by atoms with Crippen LogP contribution in [0.4, 0.5) is 0 Å². The van der Waals surface area contributed by atoms with E-state index in [0.717, 1.165) is 33.4 Å². The summed E-state index contributed by atoms with van der Waals surface area (Å²) in [5, 5.41) is 15.7. The van der Waals surface area contributed by atoms with Crippen LogP contribution in [-0.2, 0) is 0 Å². The van der Waals surface area contributed by atoms with E-state index in [4.69, 9.17) is 0 Å². The van der Waals surface area contributed by atoms with Gasteiger partial charge in [0.05, 0.1) is 5.56 Å². The lowest BCUT2D eigenvalue weighted by Gasteiger charge is -2.15. The number of fused-ring (bicyclic) bond motifs is 6. The summed E-state index contributed by atoms with van der Waals surface area (Å²) < 4.78 is 5.06. The Morgan fingerprint density at radius 3 is 1.68 bits per heavy atom. The molecule has 3 heteroatoms. The molecule has 0 atom stereocenters. The predicted molar refractivity (Wildman–Crippen MR) is 173 cm³/mol. The molecule has 0 radical (unpaired) electrons. The molecular formula is C37H21NS2. The van der Waals surface area contributed by atoms with Crippen molar-refractivity contribution in [3.63, 3.8) is 0 Å². The van der Waals surface area contributed by atoms with E-state index in [1.807, 2.05) is 17.4 Å². The third-order valence-electron chi connectivity index (χ3n) is 7.73. The molecule has 186 valence electrons. The SMILES string of the molecule is N#Cc1c(-c2ccc3c(c2)sc2ccccc23)cc(-c2ccccc2)cc1-c1ccc2sc3ccccc3c2c1. The molecule has 8 aromatic rings. The van der Waals surface area contributed by atoms with E-state index in [1.54, 1.807) is 11.3 Å². The maximum atomic E-state index is 10.6. The molecule has 0 spiro atoms. The summed E-state index contributed by atoms with van der Waals surface area (Å²) in [4.78, 5) is 0. The summed E-state index contributed by atoms with van der Waals surface area (Å²) in [7, 11) is 0. The quantitative estimate of drug-likeness (QED) is 0.217. The Bertz CT molecular complexity index is 2280. The lowest BCUT2D eigenvalue weighted by Crippen LogP contribution is -1.93. The summed E-state index contributed by atoms with van der Waals surface area (Å²) >= 11 is 3.62. The van der Waals surface area contributed by atoms with Crippen LogP contribution in [0.3, 0.4) is 0 Å². The van der Waals surface area contributed by atoms with Crippen molar-refractivity contribution in [1.29, 1.82) is 5.26 Å². The Morgan fingerprint density at radius 1 is 0.400 bits per heavy atom. The van der Waals surface area contributed by atoms with Crippen LogP contribution in [0.25, 0.3) is 73.7 Å². The summed E-state index contributed by atoms with van der Waals surface area (Å²) in [6, 6.07) is 47.8. The first-order chi connectivity index (χ1) is 19.8. The third-order valence-corrected chi connectivity index (χ3v) is 10.0. The van der Waals surface area contributed by atoms with Gasteiger partial charge in [0.15, 0.2) is 0 Å². The maximum Gasteiger partial charge on any atom is 0.100 e. The molecule has 0 saturated carbocycles. The van der Waals surface area contributed by atoms with Crippen LogP contribution in [-0.4, -0.2) is 0 Å². The molecule has 40 heavy (non-hydrogen) atoms. The Hall–Kier alpha value is -4.75. The normalized spacial score (nSPS) is 11.5. The number of thiophene rings is 2.